The van der Waals surface area contributed by atoms with Crippen LogP contribution in [-0.4, -0.2) is 44.5 Å². The predicted molar refractivity (Wildman–Crippen MR) is 127 cm³/mol. The first kappa shape index (κ1) is 24.3. The second-order valence-corrected chi connectivity index (χ2v) is 8.88. The molecule has 9 nitrogen and oxygen atoms in total. The Morgan fingerprint density at radius 3 is 2.51 bits per heavy atom. The molecule has 1 aliphatic carbocycles. The summed E-state index contributed by atoms with van der Waals surface area (Å²) in [5.41, 5.74) is 0.844. The summed E-state index contributed by atoms with van der Waals surface area (Å²) in [6.07, 6.45) is 2.31. The summed E-state index contributed by atoms with van der Waals surface area (Å²) < 4.78 is 15.5. The van der Waals surface area contributed by atoms with Crippen molar-refractivity contribution in [3.8, 4) is 11.5 Å². The molecule has 1 saturated heterocycles. The zero-order valence-corrected chi connectivity index (χ0v) is 19.9. The average molecular weight is 481 g/mol. The summed E-state index contributed by atoms with van der Waals surface area (Å²) in [6, 6.07) is 11.1. The Bertz CT molecular complexity index is 1160. The van der Waals surface area contributed by atoms with Gasteiger partial charge in [0.2, 0.25) is 11.8 Å². The van der Waals surface area contributed by atoms with Gasteiger partial charge in [-0.3, -0.25) is 19.3 Å². The molecule has 2 aliphatic rings. The second kappa shape index (κ2) is 10.2. The first-order valence-electron chi connectivity index (χ1n) is 11.5. The first-order chi connectivity index (χ1) is 16.8. The number of nitrogens with one attached hydrogen (secondary N) is 1. The first-order valence-corrected chi connectivity index (χ1v) is 11.5. The van der Waals surface area contributed by atoms with Gasteiger partial charge in [0.15, 0.2) is 6.61 Å². The zero-order chi connectivity index (χ0) is 25.1. The highest BCUT2D eigenvalue weighted by molar-refractivity contribution is 6.22. The minimum atomic E-state index is -0.746. The molecule has 1 aliphatic heterocycles. The smallest absolute Gasteiger partial charge is 0.338 e. The number of hydrogen-bond donors (Lipinski definition) is 1. The maximum atomic E-state index is 13.0. The number of amides is 3. The number of nitrogens with zero attached hydrogens (tertiary/aromatic N) is 1. The van der Waals surface area contributed by atoms with Crippen molar-refractivity contribution in [2.24, 2.45) is 17.8 Å². The molecule has 0 radical (unpaired) electrons. The average Bonchev–Trinajstić information content (AvgIpc) is 3.11. The Balaban J connectivity index is 1.41. The van der Waals surface area contributed by atoms with Crippen LogP contribution in [0.15, 0.2) is 42.5 Å². The summed E-state index contributed by atoms with van der Waals surface area (Å²) >= 11 is 0. The van der Waals surface area contributed by atoms with Crippen molar-refractivity contribution in [3.63, 3.8) is 0 Å². The van der Waals surface area contributed by atoms with Crippen molar-refractivity contribution in [2.75, 3.05) is 31.0 Å². The lowest BCUT2D eigenvalue weighted by molar-refractivity contribution is -0.122. The molecule has 2 aromatic rings. The summed E-state index contributed by atoms with van der Waals surface area (Å²) in [5, 5.41) is 2.62. The topological polar surface area (TPSA) is 111 Å². The number of fused-ring (bicyclic) bond motifs is 1. The van der Waals surface area contributed by atoms with Gasteiger partial charge in [0, 0.05) is 6.07 Å². The minimum Gasteiger partial charge on any atom is -0.497 e. The summed E-state index contributed by atoms with van der Waals surface area (Å²) in [4.78, 5) is 52.1. The summed E-state index contributed by atoms with van der Waals surface area (Å²) in [5.74, 6) is -1.01. The van der Waals surface area contributed by atoms with Crippen molar-refractivity contribution >= 4 is 35.1 Å². The zero-order valence-electron chi connectivity index (χ0n) is 19.9. The van der Waals surface area contributed by atoms with Crippen molar-refractivity contribution in [2.45, 2.75) is 26.2 Å². The molecule has 0 spiro atoms. The number of anilines is 2. The minimum absolute atomic E-state index is 0.137. The van der Waals surface area contributed by atoms with Crippen LogP contribution in [-0.2, 0) is 19.1 Å². The molecule has 0 bridgehead atoms. The van der Waals surface area contributed by atoms with E-state index in [1.165, 1.54) is 31.3 Å². The van der Waals surface area contributed by atoms with E-state index in [9.17, 15) is 19.2 Å². The SMILES string of the molecule is COc1ccc(OC)c(NC(=O)COC(=O)c2cccc(N3C(=O)[C@H]4C[C@@H](C)CC[C@H]4C3=O)c2)c1. The summed E-state index contributed by atoms with van der Waals surface area (Å²) in [6.45, 7) is 1.56. The molecule has 1 heterocycles. The fourth-order valence-electron chi connectivity index (χ4n) is 4.73. The number of carbonyl (C=O) groups excluding carboxylic acids is 4. The van der Waals surface area contributed by atoms with Crippen LogP contribution < -0.4 is 19.7 Å². The lowest BCUT2D eigenvalue weighted by Crippen LogP contribution is -2.31. The van der Waals surface area contributed by atoms with E-state index in [0.717, 1.165) is 6.42 Å². The molecule has 3 atom stereocenters. The number of hydrogen-bond acceptors (Lipinski definition) is 7. The van der Waals surface area contributed by atoms with E-state index in [0.29, 0.717) is 41.6 Å². The Morgan fingerprint density at radius 1 is 1.00 bits per heavy atom. The maximum Gasteiger partial charge on any atom is 0.338 e. The van der Waals surface area contributed by atoms with E-state index < -0.39 is 18.5 Å². The van der Waals surface area contributed by atoms with Crippen molar-refractivity contribution in [1.29, 1.82) is 0 Å². The van der Waals surface area contributed by atoms with E-state index in [-0.39, 0.29) is 29.2 Å². The molecule has 2 aromatic carbocycles. The van der Waals surface area contributed by atoms with Gasteiger partial charge in [0.1, 0.15) is 11.5 Å². The maximum absolute atomic E-state index is 13.0. The summed E-state index contributed by atoms with van der Waals surface area (Å²) in [7, 11) is 2.97. The predicted octanol–water partition coefficient (Wildman–Crippen LogP) is 3.42. The van der Waals surface area contributed by atoms with E-state index in [1.54, 1.807) is 30.3 Å². The van der Waals surface area contributed by atoms with E-state index >= 15 is 0 Å². The fraction of sp³-hybridized carbons (Fsp3) is 0.385. The highest BCUT2D eigenvalue weighted by Crippen LogP contribution is 2.42. The van der Waals surface area contributed by atoms with Gasteiger partial charge >= 0.3 is 5.97 Å². The van der Waals surface area contributed by atoms with Gasteiger partial charge in [-0.2, -0.15) is 0 Å². The highest BCUT2D eigenvalue weighted by atomic mass is 16.5. The van der Waals surface area contributed by atoms with Crippen LogP contribution >= 0.6 is 0 Å². The molecular weight excluding hydrogens is 452 g/mol. The lowest BCUT2D eigenvalue weighted by atomic mass is 9.76. The molecule has 1 saturated carbocycles. The van der Waals surface area contributed by atoms with Crippen molar-refractivity contribution in [3.05, 3.63) is 48.0 Å². The van der Waals surface area contributed by atoms with Crippen LogP contribution in [0.3, 0.4) is 0 Å². The van der Waals surface area contributed by atoms with Gasteiger partial charge in [-0.15, -0.1) is 0 Å². The molecule has 4 rings (SSSR count). The third kappa shape index (κ3) is 4.99. The Morgan fingerprint density at radius 2 is 1.77 bits per heavy atom. The third-order valence-electron chi connectivity index (χ3n) is 6.54. The molecule has 2 fully saturated rings. The molecule has 184 valence electrons. The largest absolute Gasteiger partial charge is 0.497 e. The molecule has 35 heavy (non-hydrogen) atoms. The van der Waals surface area contributed by atoms with Gasteiger partial charge in [-0.05, 0) is 55.5 Å². The Hall–Kier alpha value is -3.88. The van der Waals surface area contributed by atoms with Crippen LogP contribution in [0.25, 0.3) is 0 Å². The molecular formula is C26H28N2O7. The molecule has 0 unspecified atom stereocenters. The number of imide groups is 1. The number of carbonyl (C=O) groups is 4. The fourth-order valence-corrected chi connectivity index (χ4v) is 4.73. The van der Waals surface area contributed by atoms with Gasteiger partial charge in [-0.1, -0.05) is 13.0 Å². The normalized spacial score (nSPS) is 21.3. The monoisotopic (exact) mass is 480 g/mol. The van der Waals surface area contributed by atoms with E-state index in [4.69, 9.17) is 14.2 Å². The Labute approximate surface area is 203 Å². The number of rotatable bonds is 7. The quantitative estimate of drug-likeness (QED) is 0.477. The van der Waals surface area contributed by atoms with Crippen LogP contribution in [0.2, 0.25) is 0 Å². The van der Waals surface area contributed by atoms with Crippen LogP contribution in [0.1, 0.15) is 36.5 Å². The molecule has 3 amide bonds. The van der Waals surface area contributed by atoms with E-state index in [1.807, 2.05) is 0 Å². The number of benzene rings is 2. The van der Waals surface area contributed by atoms with Gasteiger partial charge in [-0.25, -0.2) is 4.79 Å². The van der Waals surface area contributed by atoms with Gasteiger partial charge in [0.05, 0.1) is 43.0 Å². The van der Waals surface area contributed by atoms with Crippen molar-refractivity contribution < 1.29 is 33.4 Å². The van der Waals surface area contributed by atoms with Gasteiger partial charge < -0.3 is 19.5 Å². The number of esters is 1. The van der Waals surface area contributed by atoms with Crippen LogP contribution in [0.4, 0.5) is 11.4 Å². The standard InChI is InChI=1S/C26H28N2O7/c1-15-7-9-19-20(11-15)25(31)28(24(19)30)17-6-4-5-16(12-17)26(32)35-14-23(29)27-21-13-18(33-2)8-10-22(21)34-3/h4-6,8,10,12-13,15,19-20H,7,9,11,14H2,1-3H3,(H,27,29)/t15-,19+,20-/m0/s1. The van der Waals surface area contributed by atoms with Crippen molar-refractivity contribution in [1.82, 2.24) is 0 Å². The number of methoxy groups -OCH3 is 2. The lowest BCUT2D eigenvalue weighted by Gasteiger charge is -2.25. The van der Waals surface area contributed by atoms with Gasteiger partial charge in [0.25, 0.3) is 5.91 Å². The molecule has 0 aromatic heterocycles. The highest BCUT2D eigenvalue weighted by Gasteiger charge is 2.50. The Kier molecular flexibility index (Phi) is 7.04. The third-order valence-corrected chi connectivity index (χ3v) is 6.54. The number of ether oxygens (including phenoxy) is 3. The van der Waals surface area contributed by atoms with Crippen LogP contribution in [0.5, 0.6) is 11.5 Å². The second-order valence-electron chi connectivity index (χ2n) is 8.88. The van der Waals surface area contributed by atoms with Crippen LogP contribution in [0, 0.1) is 17.8 Å². The van der Waals surface area contributed by atoms with E-state index in [2.05, 4.69) is 12.2 Å². The molecule has 1 N–H and O–H groups in total. The molecule has 9 heteroatoms.